The monoisotopic (exact) mass is 241 g/mol. The Balaban J connectivity index is 1.82. The lowest BCUT2D eigenvalue weighted by Crippen LogP contribution is -2.07. The summed E-state index contributed by atoms with van der Waals surface area (Å²) in [6, 6.07) is 10.2. The second-order valence-electron chi connectivity index (χ2n) is 4.66. The lowest BCUT2D eigenvalue weighted by Gasteiger charge is -2.03. The number of rotatable bonds is 3. The van der Waals surface area contributed by atoms with Crippen molar-refractivity contribution in [3.05, 3.63) is 42.1 Å². The van der Waals surface area contributed by atoms with E-state index in [1.807, 2.05) is 37.4 Å². The molecule has 0 saturated heterocycles. The van der Waals surface area contributed by atoms with Gasteiger partial charge in [0.15, 0.2) is 0 Å². The maximum Gasteiger partial charge on any atom is 0.309 e. The van der Waals surface area contributed by atoms with Crippen LogP contribution in [0.15, 0.2) is 36.5 Å². The van der Waals surface area contributed by atoms with Gasteiger partial charge in [-0.15, -0.1) is 0 Å². The molecule has 0 bridgehead atoms. The summed E-state index contributed by atoms with van der Waals surface area (Å²) >= 11 is 0. The van der Waals surface area contributed by atoms with Crippen molar-refractivity contribution in [2.45, 2.75) is 19.3 Å². The fraction of sp³-hybridized carbons (Fsp3) is 0.333. The maximum atomic E-state index is 11.6. The quantitative estimate of drug-likeness (QED) is 0.776. The van der Waals surface area contributed by atoms with Gasteiger partial charge in [-0.2, -0.15) is 0 Å². The third-order valence-corrected chi connectivity index (χ3v) is 3.42. The van der Waals surface area contributed by atoms with Crippen molar-refractivity contribution in [2.24, 2.45) is 5.92 Å². The molecule has 3 heteroatoms. The van der Waals surface area contributed by atoms with Gasteiger partial charge in [-0.25, -0.2) is 0 Å². The zero-order valence-electron chi connectivity index (χ0n) is 10.3. The molecule has 1 fully saturated rings. The molecule has 2 unspecified atom stereocenters. The molecular formula is C15H15NO2. The van der Waals surface area contributed by atoms with Gasteiger partial charge in [-0.05, 0) is 37.0 Å². The Hall–Kier alpha value is -1.90. The van der Waals surface area contributed by atoms with Crippen molar-refractivity contribution in [3.8, 4) is 0 Å². The second-order valence-corrected chi connectivity index (χ2v) is 4.66. The summed E-state index contributed by atoms with van der Waals surface area (Å²) in [5, 5.41) is 1.13. The van der Waals surface area contributed by atoms with Crippen molar-refractivity contribution in [1.82, 2.24) is 4.98 Å². The molecule has 3 rings (SSSR count). The van der Waals surface area contributed by atoms with Crippen LogP contribution in [0, 0.1) is 5.92 Å². The summed E-state index contributed by atoms with van der Waals surface area (Å²) in [6.07, 6.45) is 2.77. The molecule has 1 aromatic carbocycles. The third-order valence-electron chi connectivity index (χ3n) is 3.42. The summed E-state index contributed by atoms with van der Waals surface area (Å²) < 4.78 is 5.05. The van der Waals surface area contributed by atoms with Crippen LogP contribution in [0.2, 0.25) is 0 Å². The van der Waals surface area contributed by atoms with Gasteiger partial charge in [0.25, 0.3) is 0 Å². The third kappa shape index (κ3) is 1.96. The van der Waals surface area contributed by atoms with E-state index in [1.165, 1.54) is 0 Å². The van der Waals surface area contributed by atoms with Crippen LogP contribution in [0.25, 0.3) is 10.9 Å². The second kappa shape index (κ2) is 4.41. The minimum Gasteiger partial charge on any atom is -0.466 e. The minimum atomic E-state index is -0.0735. The SMILES string of the molecule is CCOC(=O)C1CC1c1cnc2ccccc2c1. The number of para-hydroxylation sites is 1. The first-order valence-electron chi connectivity index (χ1n) is 6.31. The van der Waals surface area contributed by atoms with E-state index < -0.39 is 0 Å². The Labute approximate surface area is 106 Å². The first-order chi connectivity index (χ1) is 8.79. The summed E-state index contributed by atoms with van der Waals surface area (Å²) in [4.78, 5) is 16.0. The van der Waals surface area contributed by atoms with Gasteiger partial charge < -0.3 is 4.74 Å². The molecule has 92 valence electrons. The topological polar surface area (TPSA) is 39.2 Å². The van der Waals surface area contributed by atoms with Crippen LogP contribution in [-0.2, 0) is 9.53 Å². The van der Waals surface area contributed by atoms with E-state index in [9.17, 15) is 4.79 Å². The van der Waals surface area contributed by atoms with Gasteiger partial charge >= 0.3 is 5.97 Å². The Bertz CT molecular complexity index is 594. The number of nitrogens with zero attached hydrogens (tertiary/aromatic N) is 1. The molecule has 1 saturated carbocycles. The molecular weight excluding hydrogens is 226 g/mol. The van der Waals surface area contributed by atoms with Crippen molar-refractivity contribution >= 4 is 16.9 Å². The van der Waals surface area contributed by atoms with Crippen molar-refractivity contribution < 1.29 is 9.53 Å². The normalized spacial score (nSPS) is 21.8. The number of hydrogen-bond acceptors (Lipinski definition) is 3. The first-order valence-corrected chi connectivity index (χ1v) is 6.31. The van der Waals surface area contributed by atoms with Gasteiger partial charge in [-0.1, -0.05) is 18.2 Å². The standard InChI is InChI=1S/C15H15NO2/c1-2-18-15(17)13-8-12(13)11-7-10-5-3-4-6-14(10)16-9-11/h3-7,9,12-13H,2,8H2,1H3. The zero-order valence-corrected chi connectivity index (χ0v) is 10.3. The summed E-state index contributed by atoms with van der Waals surface area (Å²) in [6.45, 7) is 2.30. The summed E-state index contributed by atoms with van der Waals surface area (Å²) in [5.74, 6) is 0.254. The molecule has 0 amide bonds. The molecule has 3 nitrogen and oxygen atoms in total. The van der Waals surface area contributed by atoms with Gasteiger partial charge in [0, 0.05) is 11.6 Å². The number of ether oxygens (including phenoxy) is 1. The number of fused-ring (bicyclic) bond motifs is 1. The van der Waals surface area contributed by atoms with Crippen molar-refractivity contribution in [2.75, 3.05) is 6.61 Å². The molecule has 0 radical (unpaired) electrons. The highest BCUT2D eigenvalue weighted by Crippen LogP contribution is 2.48. The Morgan fingerprint density at radius 1 is 1.44 bits per heavy atom. The molecule has 0 aliphatic heterocycles. The van der Waals surface area contributed by atoms with Crippen LogP contribution < -0.4 is 0 Å². The van der Waals surface area contributed by atoms with E-state index in [2.05, 4.69) is 11.1 Å². The summed E-state index contributed by atoms with van der Waals surface area (Å²) in [7, 11) is 0. The van der Waals surface area contributed by atoms with Crippen molar-refractivity contribution in [3.63, 3.8) is 0 Å². The molecule has 1 heterocycles. The lowest BCUT2D eigenvalue weighted by atomic mass is 10.1. The van der Waals surface area contributed by atoms with E-state index in [4.69, 9.17) is 4.74 Å². The fourth-order valence-corrected chi connectivity index (χ4v) is 2.36. The molecule has 1 aliphatic carbocycles. The molecule has 1 aliphatic rings. The average molecular weight is 241 g/mol. The Morgan fingerprint density at radius 3 is 3.11 bits per heavy atom. The number of carbonyl (C=O) groups is 1. The maximum absolute atomic E-state index is 11.6. The zero-order chi connectivity index (χ0) is 12.5. The molecule has 0 spiro atoms. The number of esters is 1. The highest BCUT2D eigenvalue weighted by atomic mass is 16.5. The number of aromatic nitrogens is 1. The lowest BCUT2D eigenvalue weighted by molar-refractivity contribution is -0.144. The summed E-state index contributed by atoms with van der Waals surface area (Å²) in [5.41, 5.74) is 2.14. The number of benzene rings is 1. The fourth-order valence-electron chi connectivity index (χ4n) is 2.36. The van der Waals surface area contributed by atoms with Crippen LogP contribution in [0.1, 0.15) is 24.8 Å². The predicted molar refractivity (Wildman–Crippen MR) is 69.2 cm³/mol. The van der Waals surface area contributed by atoms with Crippen LogP contribution in [0.5, 0.6) is 0 Å². The van der Waals surface area contributed by atoms with Crippen LogP contribution in [0.4, 0.5) is 0 Å². The highest BCUT2D eigenvalue weighted by molar-refractivity contribution is 5.81. The van der Waals surface area contributed by atoms with Gasteiger partial charge in [0.2, 0.25) is 0 Å². The van der Waals surface area contributed by atoms with E-state index in [1.54, 1.807) is 0 Å². The average Bonchev–Trinajstić information content (AvgIpc) is 3.19. The van der Waals surface area contributed by atoms with E-state index in [0.717, 1.165) is 22.9 Å². The molecule has 1 aromatic heterocycles. The van der Waals surface area contributed by atoms with E-state index in [0.29, 0.717) is 12.5 Å². The van der Waals surface area contributed by atoms with Crippen LogP contribution >= 0.6 is 0 Å². The Kier molecular flexibility index (Phi) is 2.74. The molecule has 2 atom stereocenters. The predicted octanol–water partition coefficient (Wildman–Crippen LogP) is 2.90. The Morgan fingerprint density at radius 2 is 2.28 bits per heavy atom. The smallest absolute Gasteiger partial charge is 0.309 e. The van der Waals surface area contributed by atoms with Gasteiger partial charge in [0.1, 0.15) is 0 Å². The van der Waals surface area contributed by atoms with Gasteiger partial charge in [-0.3, -0.25) is 9.78 Å². The minimum absolute atomic E-state index is 0.0351. The number of carbonyl (C=O) groups excluding carboxylic acids is 1. The van der Waals surface area contributed by atoms with Crippen molar-refractivity contribution in [1.29, 1.82) is 0 Å². The number of pyridine rings is 1. The highest BCUT2D eigenvalue weighted by Gasteiger charge is 2.45. The molecule has 18 heavy (non-hydrogen) atoms. The molecule has 0 N–H and O–H groups in total. The first kappa shape index (κ1) is 11.2. The van der Waals surface area contributed by atoms with Crippen LogP contribution in [0.3, 0.4) is 0 Å². The van der Waals surface area contributed by atoms with E-state index >= 15 is 0 Å². The van der Waals surface area contributed by atoms with E-state index in [-0.39, 0.29) is 11.9 Å². The van der Waals surface area contributed by atoms with Gasteiger partial charge in [0.05, 0.1) is 18.0 Å². The van der Waals surface area contributed by atoms with Crippen LogP contribution in [-0.4, -0.2) is 17.6 Å². The molecule has 2 aromatic rings. The number of hydrogen-bond donors (Lipinski definition) is 0. The largest absolute Gasteiger partial charge is 0.466 e.